The number of nitrogens with zero attached hydrogens (tertiary/aromatic N) is 5. The van der Waals surface area contributed by atoms with Crippen molar-refractivity contribution in [2.45, 2.75) is 20.1 Å². The van der Waals surface area contributed by atoms with Crippen molar-refractivity contribution in [3.63, 3.8) is 0 Å². The molecule has 2 aromatic carbocycles. The van der Waals surface area contributed by atoms with E-state index in [-0.39, 0.29) is 18.0 Å². The Hall–Kier alpha value is -4.27. The monoisotopic (exact) mass is 431 g/mol. The summed E-state index contributed by atoms with van der Waals surface area (Å²) >= 11 is 0. The minimum Gasteiger partial charge on any atom is -0.471 e. The van der Waals surface area contributed by atoms with Gasteiger partial charge in [0.25, 0.3) is 5.56 Å². The summed E-state index contributed by atoms with van der Waals surface area (Å²) in [5.74, 6) is 1.27. The maximum atomic E-state index is 12.4. The van der Waals surface area contributed by atoms with Crippen LogP contribution in [-0.4, -0.2) is 32.5 Å². The second-order valence-electron chi connectivity index (χ2n) is 6.89. The number of benzene rings is 2. The fraction of sp³-hybridized carbons (Fsp3) is 0.174. The molecular formula is C23H21N5O4. The highest BCUT2D eigenvalue weighted by atomic mass is 16.6. The molecule has 0 amide bonds. The molecule has 0 saturated carbocycles. The van der Waals surface area contributed by atoms with Crippen LogP contribution >= 0.6 is 0 Å². The van der Waals surface area contributed by atoms with Crippen molar-refractivity contribution < 1.29 is 14.1 Å². The van der Waals surface area contributed by atoms with Gasteiger partial charge in [-0.25, -0.2) is 4.98 Å². The van der Waals surface area contributed by atoms with Crippen LogP contribution in [0.5, 0.6) is 5.88 Å². The number of ether oxygens (including phenoxy) is 1. The van der Waals surface area contributed by atoms with E-state index >= 15 is 0 Å². The van der Waals surface area contributed by atoms with Crippen LogP contribution in [0.25, 0.3) is 11.4 Å². The molecule has 2 aromatic heterocycles. The van der Waals surface area contributed by atoms with E-state index in [1.165, 1.54) is 23.2 Å². The lowest BCUT2D eigenvalue weighted by Crippen LogP contribution is -2.20. The summed E-state index contributed by atoms with van der Waals surface area (Å²) in [5.41, 5.74) is 2.59. The van der Waals surface area contributed by atoms with Crippen molar-refractivity contribution in [3.8, 4) is 17.3 Å². The molecule has 4 rings (SSSR count). The van der Waals surface area contributed by atoms with E-state index in [0.717, 1.165) is 16.7 Å². The Morgan fingerprint density at radius 1 is 1.09 bits per heavy atom. The second-order valence-corrected chi connectivity index (χ2v) is 6.89. The Balaban J connectivity index is 1.27. The van der Waals surface area contributed by atoms with Gasteiger partial charge in [0.2, 0.25) is 17.6 Å². The predicted molar refractivity (Wildman–Crippen MR) is 117 cm³/mol. The van der Waals surface area contributed by atoms with E-state index in [4.69, 9.17) is 14.1 Å². The molecule has 4 aromatic rings. The summed E-state index contributed by atoms with van der Waals surface area (Å²) in [6, 6.07) is 18.6. The fourth-order valence-corrected chi connectivity index (χ4v) is 2.87. The lowest BCUT2D eigenvalue weighted by atomic mass is 10.1. The lowest BCUT2D eigenvalue weighted by Gasteiger charge is -2.07. The Morgan fingerprint density at radius 3 is 2.62 bits per heavy atom. The number of oxime groups is 1. The second kappa shape index (κ2) is 10.2. The van der Waals surface area contributed by atoms with Crippen molar-refractivity contribution in [1.29, 1.82) is 0 Å². The average Bonchev–Trinajstić information content (AvgIpc) is 3.25. The van der Waals surface area contributed by atoms with Crippen molar-refractivity contribution in [2.24, 2.45) is 5.16 Å². The summed E-state index contributed by atoms with van der Waals surface area (Å²) in [5, 5.41) is 7.73. The third-order valence-electron chi connectivity index (χ3n) is 4.48. The third kappa shape index (κ3) is 5.66. The Bertz CT molecular complexity index is 1230. The third-order valence-corrected chi connectivity index (χ3v) is 4.48. The maximum Gasteiger partial charge on any atom is 0.257 e. The molecular weight excluding hydrogens is 410 g/mol. The van der Waals surface area contributed by atoms with Gasteiger partial charge >= 0.3 is 0 Å². The minimum absolute atomic E-state index is 0.141. The van der Waals surface area contributed by atoms with Gasteiger partial charge < -0.3 is 14.1 Å². The van der Waals surface area contributed by atoms with Gasteiger partial charge in [0.05, 0.1) is 18.8 Å². The lowest BCUT2D eigenvalue weighted by molar-refractivity contribution is 0.130. The van der Waals surface area contributed by atoms with E-state index in [2.05, 4.69) is 20.3 Å². The summed E-state index contributed by atoms with van der Waals surface area (Å²) in [7, 11) is 0. The van der Waals surface area contributed by atoms with Gasteiger partial charge in [0.1, 0.15) is 19.5 Å². The maximum absolute atomic E-state index is 12.4. The molecule has 0 bridgehead atoms. The predicted octanol–water partition coefficient (Wildman–Crippen LogP) is 3.23. The van der Waals surface area contributed by atoms with Crippen LogP contribution < -0.4 is 10.3 Å². The normalized spacial score (nSPS) is 11.0. The molecule has 0 spiro atoms. The first-order valence-electron chi connectivity index (χ1n) is 9.94. The summed E-state index contributed by atoms with van der Waals surface area (Å²) in [6.45, 7) is 2.64. The Labute approximate surface area is 183 Å². The molecule has 0 aliphatic carbocycles. The smallest absolute Gasteiger partial charge is 0.257 e. The Morgan fingerprint density at radius 2 is 1.91 bits per heavy atom. The number of aryl methyl sites for hydroxylation is 1. The molecule has 0 unspecified atom stereocenters. The molecule has 2 heterocycles. The van der Waals surface area contributed by atoms with Gasteiger partial charge in [-0.15, -0.1) is 0 Å². The van der Waals surface area contributed by atoms with E-state index in [1.54, 1.807) is 6.92 Å². The first kappa shape index (κ1) is 21.0. The van der Waals surface area contributed by atoms with Gasteiger partial charge in [-0.1, -0.05) is 64.9 Å². The van der Waals surface area contributed by atoms with Crippen LogP contribution in [0.1, 0.15) is 17.0 Å². The quantitative estimate of drug-likeness (QED) is 0.296. The largest absolute Gasteiger partial charge is 0.471 e. The van der Waals surface area contributed by atoms with Crippen molar-refractivity contribution in [3.05, 3.63) is 94.4 Å². The topological polar surface area (TPSA) is 105 Å². The summed E-state index contributed by atoms with van der Waals surface area (Å²) in [4.78, 5) is 25.9. The first-order valence-corrected chi connectivity index (χ1v) is 9.94. The molecule has 0 N–H and O–H groups in total. The molecule has 32 heavy (non-hydrogen) atoms. The Kier molecular flexibility index (Phi) is 6.66. The number of aromatic nitrogens is 4. The average molecular weight is 431 g/mol. The van der Waals surface area contributed by atoms with E-state index in [1.807, 2.05) is 54.6 Å². The van der Waals surface area contributed by atoms with Crippen molar-refractivity contribution >= 4 is 6.21 Å². The first-order chi connectivity index (χ1) is 15.7. The van der Waals surface area contributed by atoms with Gasteiger partial charge in [-0.3, -0.25) is 9.36 Å². The highest BCUT2D eigenvalue weighted by Crippen LogP contribution is 2.16. The molecule has 162 valence electrons. The standard InChI is InChI=1S/C23H21N5O4/c1-17-26-23(27-32-17)20-9-7-18(8-10-20)14-28-16-24-21(13-22(28)29)30-12-11-25-31-15-19-5-3-2-4-6-19/h2-11,13,16H,12,14-15H2,1H3. The fourth-order valence-electron chi connectivity index (χ4n) is 2.87. The van der Waals surface area contributed by atoms with E-state index < -0.39 is 0 Å². The highest BCUT2D eigenvalue weighted by molar-refractivity contribution is 5.58. The highest BCUT2D eigenvalue weighted by Gasteiger charge is 2.06. The molecule has 0 aliphatic rings. The van der Waals surface area contributed by atoms with Crippen LogP contribution in [0.2, 0.25) is 0 Å². The van der Waals surface area contributed by atoms with Gasteiger partial charge in [-0.05, 0) is 11.1 Å². The van der Waals surface area contributed by atoms with Gasteiger partial charge in [0, 0.05) is 12.5 Å². The van der Waals surface area contributed by atoms with Gasteiger partial charge in [-0.2, -0.15) is 4.98 Å². The zero-order valence-corrected chi connectivity index (χ0v) is 17.4. The van der Waals surface area contributed by atoms with E-state index in [9.17, 15) is 4.79 Å². The summed E-state index contributed by atoms with van der Waals surface area (Å²) in [6.07, 6.45) is 2.93. The number of rotatable bonds is 9. The van der Waals surface area contributed by atoms with Crippen LogP contribution in [-0.2, 0) is 18.0 Å². The van der Waals surface area contributed by atoms with Crippen molar-refractivity contribution in [2.75, 3.05) is 6.61 Å². The molecule has 0 fully saturated rings. The minimum atomic E-state index is -0.217. The molecule has 0 saturated heterocycles. The zero-order valence-electron chi connectivity index (χ0n) is 17.4. The SMILES string of the molecule is Cc1nc(-c2ccc(Cn3cnc(OCC=NOCc4ccccc4)cc3=O)cc2)no1. The molecule has 9 heteroatoms. The summed E-state index contributed by atoms with van der Waals surface area (Å²) < 4.78 is 11.9. The van der Waals surface area contributed by atoms with Crippen LogP contribution in [0.3, 0.4) is 0 Å². The van der Waals surface area contributed by atoms with Gasteiger partial charge in [0.15, 0.2) is 0 Å². The molecule has 0 atom stereocenters. The van der Waals surface area contributed by atoms with Crippen LogP contribution in [0.4, 0.5) is 0 Å². The zero-order chi connectivity index (χ0) is 22.2. The molecule has 0 radical (unpaired) electrons. The number of hydrogen-bond donors (Lipinski definition) is 0. The molecule has 0 aliphatic heterocycles. The molecule has 9 nitrogen and oxygen atoms in total. The van der Waals surface area contributed by atoms with Crippen molar-refractivity contribution in [1.82, 2.24) is 19.7 Å². The number of hydrogen-bond acceptors (Lipinski definition) is 8. The van der Waals surface area contributed by atoms with Crippen LogP contribution in [0.15, 0.2) is 81.5 Å². The van der Waals surface area contributed by atoms with E-state index in [0.29, 0.717) is 24.9 Å². The van der Waals surface area contributed by atoms with Crippen LogP contribution in [0, 0.1) is 6.92 Å².